The number of hydrogen-bond acceptors (Lipinski definition) is 4. The van der Waals surface area contributed by atoms with Crippen LogP contribution in [0, 0.1) is 0 Å². The monoisotopic (exact) mass is 373 g/mol. The second-order valence-electron chi connectivity index (χ2n) is 5.62. The molecule has 0 aliphatic carbocycles. The average Bonchev–Trinajstić information content (AvgIpc) is 2.64. The number of para-hydroxylation sites is 1. The fourth-order valence-electron chi connectivity index (χ4n) is 2.57. The Bertz CT molecular complexity index is 718. The molecule has 140 valence electrons. The summed E-state index contributed by atoms with van der Waals surface area (Å²) in [5, 5.41) is 3.02. The highest BCUT2D eigenvalue weighted by molar-refractivity contribution is 7.99. The number of nitrogens with one attached hydrogen (secondary N) is 1. The van der Waals surface area contributed by atoms with Gasteiger partial charge in [0.05, 0.1) is 18.9 Å². The summed E-state index contributed by atoms with van der Waals surface area (Å²) in [6.07, 6.45) is 1.08. The summed E-state index contributed by atoms with van der Waals surface area (Å²) in [5.41, 5.74) is 1.94. The SMILES string of the molecule is CCOc1ccc(CCC(=O)Nc2ccccc2SCC)cc1OCC. The van der Waals surface area contributed by atoms with Crippen LogP contribution < -0.4 is 14.8 Å². The number of carbonyl (C=O) groups excluding carboxylic acids is 1. The van der Waals surface area contributed by atoms with E-state index < -0.39 is 0 Å². The Kier molecular flexibility index (Phi) is 8.35. The molecule has 0 spiro atoms. The van der Waals surface area contributed by atoms with Gasteiger partial charge in [0.1, 0.15) is 0 Å². The Labute approximate surface area is 160 Å². The Morgan fingerprint density at radius 2 is 1.73 bits per heavy atom. The lowest BCUT2D eigenvalue weighted by Crippen LogP contribution is -2.13. The summed E-state index contributed by atoms with van der Waals surface area (Å²) in [7, 11) is 0. The van der Waals surface area contributed by atoms with Crippen molar-refractivity contribution in [1.82, 2.24) is 0 Å². The number of amides is 1. The Balaban J connectivity index is 1.98. The molecule has 5 heteroatoms. The summed E-state index contributed by atoms with van der Waals surface area (Å²) < 4.78 is 11.2. The van der Waals surface area contributed by atoms with Crippen molar-refractivity contribution < 1.29 is 14.3 Å². The van der Waals surface area contributed by atoms with Gasteiger partial charge >= 0.3 is 0 Å². The van der Waals surface area contributed by atoms with Crippen molar-refractivity contribution >= 4 is 23.4 Å². The summed E-state index contributed by atoms with van der Waals surface area (Å²) in [5.74, 6) is 2.46. The van der Waals surface area contributed by atoms with Gasteiger partial charge in [-0.1, -0.05) is 25.1 Å². The van der Waals surface area contributed by atoms with E-state index in [0.29, 0.717) is 26.1 Å². The topological polar surface area (TPSA) is 47.6 Å². The molecule has 2 aromatic carbocycles. The molecule has 0 atom stereocenters. The van der Waals surface area contributed by atoms with E-state index in [4.69, 9.17) is 9.47 Å². The van der Waals surface area contributed by atoms with Crippen LogP contribution in [0.4, 0.5) is 5.69 Å². The Morgan fingerprint density at radius 3 is 2.46 bits per heavy atom. The first kappa shape index (κ1) is 20.2. The number of ether oxygens (including phenoxy) is 2. The van der Waals surface area contributed by atoms with E-state index in [-0.39, 0.29) is 5.91 Å². The summed E-state index contributed by atoms with van der Waals surface area (Å²) >= 11 is 1.73. The van der Waals surface area contributed by atoms with Crippen LogP contribution >= 0.6 is 11.8 Å². The van der Waals surface area contributed by atoms with Crippen molar-refractivity contribution in [2.75, 3.05) is 24.3 Å². The molecule has 2 rings (SSSR count). The van der Waals surface area contributed by atoms with Gasteiger partial charge in [-0.05, 0) is 55.9 Å². The maximum absolute atomic E-state index is 12.3. The van der Waals surface area contributed by atoms with E-state index in [0.717, 1.165) is 33.4 Å². The molecule has 0 fully saturated rings. The number of anilines is 1. The third-order valence-electron chi connectivity index (χ3n) is 3.71. The third-order valence-corrected chi connectivity index (χ3v) is 4.67. The van der Waals surface area contributed by atoms with Gasteiger partial charge in [-0.25, -0.2) is 0 Å². The minimum absolute atomic E-state index is 0.0148. The number of rotatable bonds is 10. The molecule has 0 aliphatic heterocycles. The molecule has 0 saturated carbocycles. The fourth-order valence-corrected chi connectivity index (χ4v) is 3.33. The Hall–Kier alpha value is -2.14. The predicted molar refractivity (Wildman–Crippen MR) is 109 cm³/mol. The molecule has 1 amide bonds. The van der Waals surface area contributed by atoms with Gasteiger partial charge in [-0.2, -0.15) is 0 Å². The van der Waals surface area contributed by atoms with Crippen molar-refractivity contribution in [3.63, 3.8) is 0 Å². The lowest BCUT2D eigenvalue weighted by Gasteiger charge is -2.13. The maximum atomic E-state index is 12.3. The van der Waals surface area contributed by atoms with Crippen molar-refractivity contribution in [2.24, 2.45) is 0 Å². The van der Waals surface area contributed by atoms with Gasteiger partial charge in [-0.3, -0.25) is 4.79 Å². The summed E-state index contributed by atoms with van der Waals surface area (Å²) in [6, 6.07) is 13.8. The third kappa shape index (κ3) is 5.99. The van der Waals surface area contributed by atoms with Gasteiger partial charge in [0.15, 0.2) is 11.5 Å². The molecule has 4 nitrogen and oxygen atoms in total. The normalized spacial score (nSPS) is 10.4. The van der Waals surface area contributed by atoms with Gasteiger partial charge in [0, 0.05) is 11.3 Å². The van der Waals surface area contributed by atoms with Crippen LogP contribution in [0.1, 0.15) is 32.8 Å². The first-order valence-electron chi connectivity index (χ1n) is 9.08. The van der Waals surface area contributed by atoms with E-state index in [1.165, 1.54) is 0 Å². The van der Waals surface area contributed by atoms with Crippen LogP contribution in [0.5, 0.6) is 11.5 Å². The lowest BCUT2D eigenvalue weighted by atomic mass is 10.1. The molecule has 1 N–H and O–H groups in total. The van der Waals surface area contributed by atoms with Crippen LogP contribution in [0.25, 0.3) is 0 Å². The molecule has 2 aromatic rings. The van der Waals surface area contributed by atoms with E-state index in [1.54, 1.807) is 11.8 Å². The van der Waals surface area contributed by atoms with Gasteiger partial charge < -0.3 is 14.8 Å². The van der Waals surface area contributed by atoms with Crippen molar-refractivity contribution in [1.29, 1.82) is 0 Å². The van der Waals surface area contributed by atoms with Gasteiger partial charge in [0.25, 0.3) is 0 Å². The van der Waals surface area contributed by atoms with Crippen molar-refractivity contribution in [3.05, 3.63) is 48.0 Å². The molecule has 0 aromatic heterocycles. The van der Waals surface area contributed by atoms with Crippen molar-refractivity contribution in [2.45, 2.75) is 38.5 Å². The van der Waals surface area contributed by atoms with E-state index >= 15 is 0 Å². The standard InChI is InChI=1S/C21H27NO3S/c1-4-24-18-13-11-16(15-19(18)25-5-2)12-14-21(23)22-17-9-7-8-10-20(17)26-6-3/h7-11,13,15H,4-6,12,14H2,1-3H3,(H,22,23). The minimum atomic E-state index is 0.0148. The molecule has 0 aliphatic rings. The highest BCUT2D eigenvalue weighted by Crippen LogP contribution is 2.29. The lowest BCUT2D eigenvalue weighted by molar-refractivity contribution is -0.116. The van der Waals surface area contributed by atoms with Crippen LogP contribution in [0.3, 0.4) is 0 Å². The van der Waals surface area contributed by atoms with E-state index in [2.05, 4.69) is 12.2 Å². The Morgan fingerprint density at radius 1 is 1.00 bits per heavy atom. The first-order valence-corrected chi connectivity index (χ1v) is 10.1. The average molecular weight is 374 g/mol. The van der Waals surface area contributed by atoms with E-state index in [9.17, 15) is 4.79 Å². The quantitative estimate of drug-likeness (QED) is 0.584. The highest BCUT2D eigenvalue weighted by atomic mass is 32.2. The molecule has 26 heavy (non-hydrogen) atoms. The van der Waals surface area contributed by atoms with Crippen molar-refractivity contribution in [3.8, 4) is 11.5 Å². The molecular formula is C21H27NO3S. The first-order chi connectivity index (χ1) is 12.7. The second-order valence-corrected chi connectivity index (χ2v) is 6.93. The summed E-state index contributed by atoms with van der Waals surface area (Å²) in [6.45, 7) is 7.17. The molecule has 0 bridgehead atoms. The summed E-state index contributed by atoms with van der Waals surface area (Å²) in [4.78, 5) is 13.4. The number of aryl methyl sites for hydroxylation is 1. The highest BCUT2D eigenvalue weighted by Gasteiger charge is 2.10. The molecular weight excluding hydrogens is 346 g/mol. The zero-order valence-corrected chi connectivity index (χ0v) is 16.5. The molecule has 0 radical (unpaired) electrons. The van der Waals surface area contributed by atoms with Crippen LogP contribution in [0.15, 0.2) is 47.4 Å². The van der Waals surface area contributed by atoms with E-state index in [1.807, 2.05) is 56.3 Å². The zero-order valence-electron chi connectivity index (χ0n) is 15.7. The molecule has 0 saturated heterocycles. The van der Waals surface area contributed by atoms with Gasteiger partial charge in [0.2, 0.25) is 5.91 Å². The number of hydrogen-bond donors (Lipinski definition) is 1. The number of thioether (sulfide) groups is 1. The smallest absolute Gasteiger partial charge is 0.224 e. The molecule has 0 heterocycles. The van der Waals surface area contributed by atoms with Crippen LogP contribution in [0.2, 0.25) is 0 Å². The zero-order chi connectivity index (χ0) is 18.8. The minimum Gasteiger partial charge on any atom is -0.490 e. The second kappa shape index (κ2) is 10.8. The number of carbonyl (C=O) groups is 1. The molecule has 0 unspecified atom stereocenters. The number of benzene rings is 2. The maximum Gasteiger partial charge on any atom is 0.224 e. The fraction of sp³-hybridized carbons (Fsp3) is 0.381. The van der Waals surface area contributed by atoms with Crippen LogP contribution in [-0.2, 0) is 11.2 Å². The van der Waals surface area contributed by atoms with Gasteiger partial charge in [-0.15, -0.1) is 11.8 Å². The van der Waals surface area contributed by atoms with Crippen LogP contribution in [-0.4, -0.2) is 24.9 Å². The predicted octanol–water partition coefficient (Wildman–Crippen LogP) is 5.17. The largest absolute Gasteiger partial charge is 0.490 e.